The summed E-state index contributed by atoms with van der Waals surface area (Å²) in [5, 5.41) is 2.90. The third-order valence-electron chi connectivity index (χ3n) is 5.90. The maximum absolute atomic E-state index is 13.8. The Morgan fingerprint density at radius 1 is 0.829 bits per heavy atom. The number of nitrogens with zero attached hydrogens (tertiary/aromatic N) is 1. The van der Waals surface area contributed by atoms with Gasteiger partial charge in [-0.25, -0.2) is 8.42 Å². The summed E-state index contributed by atoms with van der Waals surface area (Å²) in [6.45, 7) is 2.18. The molecule has 1 amide bonds. The Labute approximate surface area is 206 Å². The summed E-state index contributed by atoms with van der Waals surface area (Å²) in [7, 11) is -3.99. The molecule has 1 aliphatic rings. The monoisotopic (exact) mass is 488 g/mol. The largest absolute Gasteiger partial charge is 0.323 e. The number of allylic oxidation sites excluding steroid dienone is 1. The first kappa shape index (κ1) is 24.4. The van der Waals surface area contributed by atoms with Crippen LogP contribution >= 0.6 is 0 Å². The zero-order chi connectivity index (χ0) is 24.8. The molecule has 0 bridgehead atoms. The Bertz CT molecular complexity index is 1350. The third-order valence-corrected chi connectivity index (χ3v) is 7.76. The predicted octanol–water partition coefficient (Wildman–Crippen LogP) is 4.79. The van der Waals surface area contributed by atoms with Crippen molar-refractivity contribution in [3.63, 3.8) is 0 Å². The first-order valence-corrected chi connectivity index (χ1v) is 13.2. The zero-order valence-corrected chi connectivity index (χ0v) is 20.4. The number of rotatable bonds is 9. The number of carbonyl (C=O) groups is 2. The van der Waals surface area contributed by atoms with E-state index in [2.05, 4.69) is 5.32 Å². The number of fused-ring (bicyclic) bond motifs is 1. The van der Waals surface area contributed by atoms with E-state index >= 15 is 0 Å². The van der Waals surface area contributed by atoms with Crippen LogP contribution in [0.25, 0.3) is 5.70 Å². The van der Waals surface area contributed by atoms with E-state index in [4.69, 9.17) is 0 Å². The number of hydrogen-bond donors (Lipinski definition) is 1. The number of ketones is 1. The molecule has 1 N–H and O–H groups in total. The van der Waals surface area contributed by atoms with Crippen molar-refractivity contribution in [2.24, 2.45) is 0 Å². The van der Waals surface area contributed by atoms with Crippen LogP contribution in [0.4, 0.5) is 0 Å². The normalized spacial score (nSPS) is 14.4. The lowest BCUT2D eigenvalue weighted by Gasteiger charge is -2.33. The molecule has 0 aromatic heterocycles. The second-order valence-corrected chi connectivity index (χ2v) is 10.2. The molecule has 0 spiro atoms. The molecule has 0 fully saturated rings. The first-order valence-electron chi connectivity index (χ1n) is 11.7. The average molecular weight is 489 g/mol. The van der Waals surface area contributed by atoms with Crippen LogP contribution < -0.4 is 5.32 Å². The van der Waals surface area contributed by atoms with Gasteiger partial charge in [-0.2, -0.15) is 0 Å². The summed E-state index contributed by atoms with van der Waals surface area (Å²) in [5.74, 6) is -0.776. The molecule has 3 aromatic rings. The Hall–Kier alpha value is -3.71. The minimum absolute atomic E-state index is 0.0209. The lowest BCUT2D eigenvalue weighted by Crippen LogP contribution is -2.42. The number of Topliss-reactive ketones (excluding diaryl/α,β-unsaturated/α-hetero) is 1. The highest BCUT2D eigenvalue weighted by molar-refractivity contribution is 7.89. The molecule has 3 aromatic carbocycles. The lowest BCUT2D eigenvalue weighted by atomic mass is 10.0. The van der Waals surface area contributed by atoms with Gasteiger partial charge >= 0.3 is 0 Å². The highest BCUT2D eigenvalue weighted by Crippen LogP contribution is 2.37. The molecule has 180 valence electrons. The molecular weight excluding hydrogens is 460 g/mol. The fraction of sp³-hybridized carbons (Fsp3) is 0.214. The predicted molar refractivity (Wildman–Crippen MR) is 136 cm³/mol. The minimum atomic E-state index is -3.99. The fourth-order valence-electron chi connectivity index (χ4n) is 4.17. The van der Waals surface area contributed by atoms with E-state index < -0.39 is 15.8 Å². The van der Waals surface area contributed by atoms with Crippen molar-refractivity contribution in [3.8, 4) is 0 Å². The van der Waals surface area contributed by atoms with Gasteiger partial charge in [0.1, 0.15) is 5.70 Å². The fourth-order valence-corrected chi connectivity index (χ4v) is 5.89. The van der Waals surface area contributed by atoms with Gasteiger partial charge in [-0.3, -0.25) is 13.9 Å². The molecule has 0 atom stereocenters. The number of hydrogen-bond acceptors (Lipinski definition) is 4. The third kappa shape index (κ3) is 5.20. The second kappa shape index (κ2) is 10.7. The molecule has 0 saturated carbocycles. The minimum Gasteiger partial charge on any atom is -0.323 e. The number of sulfonamides is 1. The van der Waals surface area contributed by atoms with Gasteiger partial charge in [-0.15, -0.1) is 0 Å². The van der Waals surface area contributed by atoms with Gasteiger partial charge in [0.15, 0.2) is 0 Å². The van der Waals surface area contributed by atoms with Crippen molar-refractivity contribution < 1.29 is 18.0 Å². The smallest absolute Gasteiger partial charge is 0.265 e. The number of benzene rings is 3. The van der Waals surface area contributed by atoms with Crippen LogP contribution in [0.2, 0.25) is 0 Å². The topological polar surface area (TPSA) is 83.6 Å². The van der Waals surface area contributed by atoms with Crippen LogP contribution in [-0.2, 0) is 21.2 Å². The highest BCUT2D eigenvalue weighted by atomic mass is 32.2. The molecule has 4 rings (SSSR count). The van der Waals surface area contributed by atoms with Crippen LogP contribution in [0.3, 0.4) is 0 Å². The molecule has 1 heterocycles. The van der Waals surface area contributed by atoms with Crippen LogP contribution in [0.5, 0.6) is 0 Å². The molecule has 1 aliphatic heterocycles. The van der Waals surface area contributed by atoms with Crippen molar-refractivity contribution >= 4 is 27.4 Å². The van der Waals surface area contributed by atoms with E-state index in [1.165, 1.54) is 10.4 Å². The Kier molecular flexibility index (Phi) is 7.46. The molecule has 6 nitrogen and oxygen atoms in total. The van der Waals surface area contributed by atoms with E-state index in [-0.39, 0.29) is 35.2 Å². The van der Waals surface area contributed by atoms with Crippen LogP contribution in [0.15, 0.2) is 95.5 Å². The lowest BCUT2D eigenvalue weighted by molar-refractivity contribution is -0.119. The summed E-state index contributed by atoms with van der Waals surface area (Å²) in [6, 6.07) is 24.3. The molecule has 0 aliphatic carbocycles. The Morgan fingerprint density at radius 3 is 2.14 bits per heavy atom. The molecule has 7 heteroatoms. The van der Waals surface area contributed by atoms with Gasteiger partial charge in [-0.1, -0.05) is 98.6 Å². The summed E-state index contributed by atoms with van der Waals surface area (Å²) in [4.78, 5) is 27.0. The summed E-state index contributed by atoms with van der Waals surface area (Å²) in [6.07, 6.45) is 2.41. The molecule has 35 heavy (non-hydrogen) atoms. The zero-order valence-electron chi connectivity index (χ0n) is 19.6. The van der Waals surface area contributed by atoms with Crippen molar-refractivity contribution in [1.82, 2.24) is 9.62 Å². The van der Waals surface area contributed by atoms with Crippen molar-refractivity contribution in [1.29, 1.82) is 0 Å². The van der Waals surface area contributed by atoms with Gasteiger partial charge in [0.25, 0.3) is 10.0 Å². The Balaban J connectivity index is 1.86. The molecule has 0 saturated heterocycles. The van der Waals surface area contributed by atoms with Crippen molar-refractivity contribution in [2.45, 2.75) is 37.5 Å². The van der Waals surface area contributed by atoms with E-state index in [0.717, 1.165) is 18.4 Å². The summed E-state index contributed by atoms with van der Waals surface area (Å²) < 4.78 is 28.6. The maximum atomic E-state index is 13.8. The van der Waals surface area contributed by atoms with Gasteiger partial charge < -0.3 is 5.32 Å². The van der Waals surface area contributed by atoms with Crippen LogP contribution in [-0.4, -0.2) is 31.0 Å². The number of nitrogens with one attached hydrogen (secondary N) is 1. The molecule has 0 radical (unpaired) electrons. The van der Waals surface area contributed by atoms with Crippen LogP contribution in [0.1, 0.15) is 47.7 Å². The van der Waals surface area contributed by atoms with E-state index in [9.17, 15) is 18.0 Å². The first-order chi connectivity index (χ1) is 16.9. The van der Waals surface area contributed by atoms with E-state index in [0.29, 0.717) is 17.5 Å². The van der Waals surface area contributed by atoms with Gasteiger partial charge in [0.2, 0.25) is 11.7 Å². The quantitative estimate of drug-likeness (QED) is 0.347. The van der Waals surface area contributed by atoms with Crippen molar-refractivity contribution in [3.05, 3.63) is 107 Å². The number of carbonyl (C=O) groups excluding carboxylic acids is 2. The summed E-state index contributed by atoms with van der Waals surface area (Å²) >= 11 is 0. The van der Waals surface area contributed by atoms with Gasteiger partial charge in [0, 0.05) is 17.7 Å². The van der Waals surface area contributed by atoms with Crippen molar-refractivity contribution in [2.75, 3.05) is 6.54 Å². The molecule has 0 unspecified atom stereocenters. The standard InChI is InChI=1S/C28H28N2O4S/c1-2-3-12-19-30-27(28(32)22-15-8-5-9-16-22)26(23-17-10-11-18-24(23)35(30,33)34)29-25(31)20-21-13-6-4-7-14-21/h4-11,13-18H,2-3,12,19-20H2,1H3,(H,29,31). The van der Waals surface area contributed by atoms with Gasteiger partial charge in [0.05, 0.1) is 17.0 Å². The average Bonchev–Trinajstić information content (AvgIpc) is 2.87. The highest BCUT2D eigenvalue weighted by Gasteiger charge is 2.40. The SMILES string of the molecule is CCCCCN1C(C(=O)c2ccccc2)=C(NC(=O)Cc2ccccc2)c2ccccc2S1(=O)=O. The second-order valence-electron chi connectivity index (χ2n) is 8.41. The van der Waals surface area contributed by atoms with E-state index in [1.807, 2.05) is 37.3 Å². The van der Waals surface area contributed by atoms with E-state index in [1.54, 1.807) is 48.5 Å². The number of amides is 1. The maximum Gasteiger partial charge on any atom is 0.265 e. The van der Waals surface area contributed by atoms with Crippen LogP contribution in [0, 0.1) is 0 Å². The molecular formula is C28H28N2O4S. The summed E-state index contributed by atoms with van der Waals surface area (Å²) in [5.41, 5.74) is 1.69. The Morgan fingerprint density at radius 2 is 1.46 bits per heavy atom. The number of unbranched alkanes of at least 4 members (excludes halogenated alkanes) is 2. The van der Waals surface area contributed by atoms with Gasteiger partial charge in [-0.05, 0) is 18.1 Å².